The van der Waals surface area contributed by atoms with Crippen molar-refractivity contribution in [2.75, 3.05) is 14.2 Å². The molecular weight excluding hydrogens is 204 g/mol. The summed E-state index contributed by atoms with van der Waals surface area (Å²) in [6.07, 6.45) is 1.98. The van der Waals surface area contributed by atoms with Gasteiger partial charge in [-0.15, -0.1) is 0 Å². The zero-order valence-corrected chi connectivity index (χ0v) is 9.40. The minimum Gasteiger partial charge on any atom is -0.493 e. The quantitative estimate of drug-likeness (QED) is 0.763. The van der Waals surface area contributed by atoms with Crippen molar-refractivity contribution in [3.8, 4) is 11.5 Å². The molecule has 4 rings (SSSR count). The van der Waals surface area contributed by atoms with Gasteiger partial charge in [0.25, 0.3) is 0 Å². The van der Waals surface area contributed by atoms with E-state index in [0.29, 0.717) is 12.2 Å². The first-order valence-electron chi connectivity index (χ1n) is 5.74. The van der Waals surface area contributed by atoms with Gasteiger partial charge in [0, 0.05) is 0 Å². The third-order valence-corrected chi connectivity index (χ3v) is 4.16. The first-order valence-corrected chi connectivity index (χ1v) is 5.74. The standard InChI is InChI=1S/C13H14O3/c1-14-10-4-8-9(5-11(10)15-2)13-7-3-6(7)12(8)16-13/h4-7,12-13H,3H2,1-2H3. The second kappa shape index (κ2) is 2.72. The Balaban J connectivity index is 1.88. The Morgan fingerprint density at radius 3 is 1.94 bits per heavy atom. The zero-order valence-electron chi connectivity index (χ0n) is 9.40. The van der Waals surface area contributed by atoms with Crippen molar-refractivity contribution < 1.29 is 14.2 Å². The monoisotopic (exact) mass is 218 g/mol. The summed E-state index contributed by atoms with van der Waals surface area (Å²) in [5, 5.41) is 0. The molecule has 0 radical (unpaired) electrons. The molecule has 3 nitrogen and oxygen atoms in total. The molecule has 2 heterocycles. The number of ether oxygens (including phenoxy) is 3. The number of benzene rings is 1. The number of fused-ring (bicyclic) bond motifs is 8. The van der Waals surface area contributed by atoms with E-state index in [-0.39, 0.29) is 0 Å². The average molecular weight is 218 g/mol. The van der Waals surface area contributed by atoms with Crippen molar-refractivity contribution in [1.82, 2.24) is 0 Å². The van der Waals surface area contributed by atoms with E-state index in [0.717, 1.165) is 23.3 Å². The van der Waals surface area contributed by atoms with E-state index in [2.05, 4.69) is 12.1 Å². The second-order valence-corrected chi connectivity index (χ2v) is 4.88. The van der Waals surface area contributed by atoms with Crippen LogP contribution in [0.4, 0.5) is 0 Å². The van der Waals surface area contributed by atoms with Crippen molar-refractivity contribution in [2.45, 2.75) is 18.6 Å². The van der Waals surface area contributed by atoms with Gasteiger partial charge in [0.1, 0.15) is 0 Å². The Kier molecular flexibility index (Phi) is 1.51. The van der Waals surface area contributed by atoms with E-state index in [9.17, 15) is 0 Å². The summed E-state index contributed by atoms with van der Waals surface area (Å²) >= 11 is 0. The zero-order chi connectivity index (χ0) is 10.9. The van der Waals surface area contributed by atoms with Crippen LogP contribution in [0.25, 0.3) is 0 Å². The van der Waals surface area contributed by atoms with Crippen LogP contribution in [-0.4, -0.2) is 14.2 Å². The number of methoxy groups -OCH3 is 2. The minimum atomic E-state index is 0.324. The van der Waals surface area contributed by atoms with E-state index in [4.69, 9.17) is 14.2 Å². The highest BCUT2D eigenvalue weighted by Gasteiger charge is 2.61. The predicted octanol–water partition coefficient (Wildman–Crippen LogP) is 2.47. The number of hydrogen-bond acceptors (Lipinski definition) is 3. The lowest BCUT2D eigenvalue weighted by molar-refractivity contribution is 0.0392. The third-order valence-electron chi connectivity index (χ3n) is 4.16. The van der Waals surface area contributed by atoms with Crippen LogP contribution in [0.5, 0.6) is 11.5 Å². The fourth-order valence-corrected chi connectivity index (χ4v) is 3.30. The molecule has 4 unspecified atom stereocenters. The van der Waals surface area contributed by atoms with Crippen LogP contribution in [0.1, 0.15) is 29.8 Å². The van der Waals surface area contributed by atoms with Crippen LogP contribution in [-0.2, 0) is 4.74 Å². The van der Waals surface area contributed by atoms with Gasteiger partial charge in [-0.3, -0.25) is 0 Å². The molecule has 1 aromatic rings. The molecule has 3 aliphatic rings. The maximum absolute atomic E-state index is 5.99. The summed E-state index contributed by atoms with van der Waals surface area (Å²) in [5.41, 5.74) is 2.64. The van der Waals surface area contributed by atoms with Gasteiger partial charge in [-0.05, 0) is 41.5 Å². The molecule has 16 heavy (non-hydrogen) atoms. The topological polar surface area (TPSA) is 27.7 Å². The second-order valence-electron chi connectivity index (χ2n) is 4.88. The lowest BCUT2D eigenvalue weighted by atomic mass is 9.91. The van der Waals surface area contributed by atoms with E-state index in [1.165, 1.54) is 17.5 Å². The van der Waals surface area contributed by atoms with Crippen molar-refractivity contribution in [3.63, 3.8) is 0 Å². The van der Waals surface area contributed by atoms with Gasteiger partial charge in [0.05, 0.1) is 26.4 Å². The van der Waals surface area contributed by atoms with Gasteiger partial charge in [-0.2, -0.15) is 0 Å². The Morgan fingerprint density at radius 1 is 1.00 bits per heavy atom. The molecule has 1 saturated carbocycles. The molecule has 4 atom stereocenters. The van der Waals surface area contributed by atoms with Crippen molar-refractivity contribution >= 4 is 0 Å². The molecule has 84 valence electrons. The van der Waals surface area contributed by atoms with Crippen LogP contribution >= 0.6 is 0 Å². The Labute approximate surface area is 94.3 Å². The van der Waals surface area contributed by atoms with Crippen LogP contribution in [0, 0.1) is 11.8 Å². The lowest BCUT2D eigenvalue weighted by Gasteiger charge is -2.15. The van der Waals surface area contributed by atoms with Crippen molar-refractivity contribution in [2.24, 2.45) is 11.8 Å². The summed E-state index contributed by atoms with van der Waals surface area (Å²) in [7, 11) is 3.36. The number of hydrogen-bond donors (Lipinski definition) is 0. The molecule has 3 heteroatoms. The first kappa shape index (κ1) is 8.88. The van der Waals surface area contributed by atoms with Crippen LogP contribution in [0.2, 0.25) is 0 Å². The molecule has 1 aromatic carbocycles. The van der Waals surface area contributed by atoms with Crippen LogP contribution in [0.15, 0.2) is 12.1 Å². The molecule has 2 aliphatic heterocycles. The predicted molar refractivity (Wildman–Crippen MR) is 57.7 cm³/mol. The minimum absolute atomic E-state index is 0.324. The Hall–Kier alpha value is -1.22. The lowest BCUT2D eigenvalue weighted by Crippen LogP contribution is -2.02. The van der Waals surface area contributed by atoms with E-state index >= 15 is 0 Å². The van der Waals surface area contributed by atoms with E-state index < -0.39 is 0 Å². The largest absolute Gasteiger partial charge is 0.493 e. The SMILES string of the molecule is COc1cc2c(cc1OC)C1OC2C2CC12. The molecule has 0 spiro atoms. The molecular formula is C13H14O3. The highest BCUT2D eigenvalue weighted by Crippen LogP contribution is 2.69. The highest BCUT2D eigenvalue weighted by molar-refractivity contribution is 5.53. The van der Waals surface area contributed by atoms with Gasteiger partial charge in [0.2, 0.25) is 0 Å². The fraction of sp³-hybridized carbons (Fsp3) is 0.538. The van der Waals surface area contributed by atoms with Crippen LogP contribution in [0.3, 0.4) is 0 Å². The van der Waals surface area contributed by atoms with Crippen LogP contribution < -0.4 is 9.47 Å². The summed E-state index contributed by atoms with van der Waals surface area (Å²) < 4.78 is 16.7. The summed E-state index contributed by atoms with van der Waals surface area (Å²) in [6.45, 7) is 0. The molecule has 0 aromatic heterocycles. The van der Waals surface area contributed by atoms with E-state index in [1.807, 2.05) is 0 Å². The van der Waals surface area contributed by atoms with Gasteiger partial charge in [-0.1, -0.05) is 0 Å². The normalized spacial score (nSPS) is 36.9. The molecule has 0 N–H and O–H groups in total. The maximum Gasteiger partial charge on any atom is 0.161 e. The Bertz CT molecular complexity index is 427. The smallest absolute Gasteiger partial charge is 0.161 e. The van der Waals surface area contributed by atoms with E-state index in [1.54, 1.807) is 14.2 Å². The number of rotatable bonds is 2. The summed E-state index contributed by atoms with van der Waals surface area (Å²) in [4.78, 5) is 0. The summed E-state index contributed by atoms with van der Waals surface area (Å²) in [5.74, 6) is 3.18. The third kappa shape index (κ3) is 0.884. The van der Waals surface area contributed by atoms with Gasteiger partial charge in [0.15, 0.2) is 11.5 Å². The first-order chi connectivity index (χ1) is 7.83. The highest BCUT2D eigenvalue weighted by atomic mass is 16.5. The molecule has 2 fully saturated rings. The molecule has 1 saturated heterocycles. The summed E-state index contributed by atoms with van der Waals surface area (Å²) in [6, 6.07) is 4.18. The van der Waals surface area contributed by atoms with Crippen molar-refractivity contribution in [3.05, 3.63) is 23.3 Å². The molecule has 2 bridgehead atoms. The average Bonchev–Trinajstić information content (AvgIpc) is 2.95. The van der Waals surface area contributed by atoms with Gasteiger partial charge >= 0.3 is 0 Å². The van der Waals surface area contributed by atoms with Crippen molar-refractivity contribution in [1.29, 1.82) is 0 Å². The molecule has 0 amide bonds. The Morgan fingerprint density at radius 2 is 1.50 bits per heavy atom. The molecule has 1 aliphatic carbocycles. The van der Waals surface area contributed by atoms with Gasteiger partial charge in [-0.25, -0.2) is 0 Å². The van der Waals surface area contributed by atoms with Gasteiger partial charge < -0.3 is 14.2 Å². The maximum atomic E-state index is 5.99. The fourth-order valence-electron chi connectivity index (χ4n) is 3.30.